The van der Waals surface area contributed by atoms with Gasteiger partial charge in [-0.3, -0.25) is 0 Å². The van der Waals surface area contributed by atoms with E-state index in [0.717, 1.165) is 10.8 Å². The number of benzene rings is 4. The quantitative estimate of drug-likeness (QED) is 0.177. The van der Waals surface area contributed by atoms with Gasteiger partial charge in [0.15, 0.2) is 0 Å². The summed E-state index contributed by atoms with van der Waals surface area (Å²) >= 11 is 2.42. The Labute approximate surface area is 182 Å². The molecule has 0 aliphatic carbocycles. The van der Waals surface area contributed by atoms with Crippen LogP contribution in [0.2, 0.25) is 0 Å². The predicted molar refractivity (Wildman–Crippen MR) is 132 cm³/mol. The smallest absolute Gasteiger partial charge is 0.0247 e. The van der Waals surface area contributed by atoms with Crippen molar-refractivity contribution in [1.29, 1.82) is 0 Å². The van der Waals surface area contributed by atoms with E-state index in [9.17, 15) is 0 Å². The van der Waals surface area contributed by atoms with Crippen molar-refractivity contribution in [2.75, 3.05) is 0 Å². The zero-order valence-electron chi connectivity index (χ0n) is 15.6. The summed E-state index contributed by atoms with van der Waals surface area (Å²) in [4.78, 5) is 0. The zero-order chi connectivity index (χ0) is 19.2. The molecule has 0 N–H and O–H groups in total. The molecule has 0 saturated heterocycles. The molecule has 0 atom stereocenters. The number of hydrogen-bond donors (Lipinski definition) is 0. The van der Waals surface area contributed by atoms with Gasteiger partial charge in [0.1, 0.15) is 0 Å². The average Bonchev–Trinajstić information content (AvgIpc) is 2.77. The van der Waals surface area contributed by atoms with Gasteiger partial charge in [-0.1, -0.05) is 132 Å². The highest BCUT2D eigenvalue weighted by molar-refractivity contribution is 14.1. The van der Waals surface area contributed by atoms with Gasteiger partial charge in [0.2, 0.25) is 0 Å². The van der Waals surface area contributed by atoms with Gasteiger partial charge in [-0.15, -0.1) is 0 Å². The monoisotopic (exact) mass is 492 g/mol. The molecule has 28 heavy (non-hydrogen) atoms. The van der Waals surface area contributed by atoms with E-state index in [1.807, 2.05) is 0 Å². The molecule has 0 nitrogen and oxygen atoms in total. The first-order valence-corrected chi connectivity index (χ1v) is 12.3. The van der Waals surface area contributed by atoms with Gasteiger partial charge in [0, 0.05) is 4.43 Å². The molecule has 4 aromatic rings. The van der Waals surface area contributed by atoms with Crippen LogP contribution in [0.15, 0.2) is 109 Å². The molecule has 0 aromatic heterocycles. The second-order valence-electron chi connectivity index (χ2n) is 6.76. The van der Waals surface area contributed by atoms with Gasteiger partial charge in [0.25, 0.3) is 0 Å². The SMILES string of the molecule is ICc1ccc(Cc2ccccc2P(c2ccccc2)c2ccccc2)cc1. The fourth-order valence-corrected chi connectivity index (χ4v) is 6.41. The van der Waals surface area contributed by atoms with Gasteiger partial charge in [0.05, 0.1) is 0 Å². The molecule has 4 rings (SSSR count). The minimum absolute atomic E-state index is 0.573. The Morgan fingerprint density at radius 1 is 0.536 bits per heavy atom. The molecule has 0 aliphatic heterocycles. The first-order valence-electron chi connectivity index (χ1n) is 9.47. The van der Waals surface area contributed by atoms with E-state index in [0.29, 0.717) is 0 Å². The molecule has 2 heteroatoms. The summed E-state index contributed by atoms with van der Waals surface area (Å²) in [5.74, 6) is 0. The van der Waals surface area contributed by atoms with Crippen LogP contribution in [-0.2, 0) is 10.8 Å². The fourth-order valence-electron chi connectivity index (χ4n) is 3.43. The molecule has 0 aliphatic rings. The Hall–Kier alpha value is -1.96. The van der Waals surface area contributed by atoms with Crippen LogP contribution in [0.3, 0.4) is 0 Å². The molecule has 0 bridgehead atoms. The maximum absolute atomic E-state index is 2.42. The van der Waals surface area contributed by atoms with Crippen molar-refractivity contribution < 1.29 is 0 Å². The lowest BCUT2D eigenvalue weighted by Gasteiger charge is -2.22. The van der Waals surface area contributed by atoms with Crippen LogP contribution in [0.5, 0.6) is 0 Å². The largest absolute Gasteiger partial charge is 0.0812 e. The molecule has 4 aromatic carbocycles. The van der Waals surface area contributed by atoms with Crippen LogP contribution in [0.4, 0.5) is 0 Å². The Morgan fingerprint density at radius 2 is 1.04 bits per heavy atom. The third-order valence-corrected chi connectivity index (χ3v) is 8.26. The molecule has 0 amide bonds. The lowest BCUT2D eigenvalue weighted by Crippen LogP contribution is -2.23. The maximum Gasteiger partial charge on any atom is 0.0247 e. The molecule has 0 spiro atoms. The molecule has 138 valence electrons. The van der Waals surface area contributed by atoms with E-state index in [4.69, 9.17) is 0 Å². The van der Waals surface area contributed by atoms with Gasteiger partial charge in [-0.2, -0.15) is 0 Å². The van der Waals surface area contributed by atoms with E-state index in [-0.39, 0.29) is 0 Å². The second-order valence-corrected chi connectivity index (χ2v) is 9.71. The number of hydrogen-bond acceptors (Lipinski definition) is 0. The van der Waals surface area contributed by atoms with Crippen LogP contribution >= 0.6 is 30.5 Å². The van der Waals surface area contributed by atoms with Crippen LogP contribution < -0.4 is 15.9 Å². The van der Waals surface area contributed by atoms with Gasteiger partial charge in [-0.05, 0) is 46.9 Å². The average molecular weight is 492 g/mol. The van der Waals surface area contributed by atoms with Gasteiger partial charge >= 0.3 is 0 Å². The van der Waals surface area contributed by atoms with E-state index in [1.54, 1.807) is 0 Å². The third-order valence-electron chi connectivity index (χ3n) is 4.83. The van der Waals surface area contributed by atoms with Crippen LogP contribution in [0.1, 0.15) is 16.7 Å². The highest BCUT2D eigenvalue weighted by Crippen LogP contribution is 2.34. The number of rotatable bonds is 6. The molecule has 0 saturated carbocycles. The first kappa shape index (κ1) is 19.4. The van der Waals surface area contributed by atoms with Crippen LogP contribution in [0.25, 0.3) is 0 Å². The summed E-state index contributed by atoms with van der Waals surface area (Å²) in [6.07, 6.45) is 0.968. The normalized spacial score (nSPS) is 10.9. The minimum atomic E-state index is -0.573. The number of halogens is 1. The summed E-state index contributed by atoms with van der Waals surface area (Å²) in [7, 11) is -0.573. The topological polar surface area (TPSA) is 0 Å². The highest BCUT2D eigenvalue weighted by Gasteiger charge is 2.19. The van der Waals surface area contributed by atoms with Gasteiger partial charge in [-0.25, -0.2) is 0 Å². The summed E-state index contributed by atoms with van der Waals surface area (Å²) in [5.41, 5.74) is 4.18. The van der Waals surface area contributed by atoms with E-state index >= 15 is 0 Å². The Balaban J connectivity index is 1.77. The highest BCUT2D eigenvalue weighted by atomic mass is 127. The molecule has 0 unspecified atom stereocenters. The standard InChI is InChI=1S/C26H22IP/c27-20-22-17-15-21(16-18-22)19-23-9-7-8-14-26(23)28(24-10-3-1-4-11-24)25-12-5-2-6-13-25/h1-18H,19-20H2. The molecular weight excluding hydrogens is 470 g/mol. The summed E-state index contributed by atoms with van der Waals surface area (Å²) in [6, 6.07) is 39.9. The molecule has 0 heterocycles. The summed E-state index contributed by atoms with van der Waals surface area (Å²) < 4.78 is 1.06. The van der Waals surface area contributed by atoms with E-state index < -0.39 is 7.92 Å². The fraction of sp³-hybridized carbons (Fsp3) is 0.0769. The van der Waals surface area contributed by atoms with Crippen molar-refractivity contribution in [2.45, 2.75) is 10.8 Å². The Morgan fingerprint density at radius 3 is 1.61 bits per heavy atom. The van der Waals surface area contributed by atoms with Crippen molar-refractivity contribution in [2.24, 2.45) is 0 Å². The first-order chi connectivity index (χ1) is 13.8. The lowest BCUT2D eigenvalue weighted by atomic mass is 10.0. The maximum atomic E-state index is 2.42. The van der Waals surface area contributed by atoms with Crippen LogP contribution in [-0.4, -0.2) is 0 Å². The van der Waals surface area contributed by atoms with Gasteiger partial charge < -0.3 is 0 Å². The molecular formula is C26H22IP. The summed E-state index contributed by atoms with van der Waals surface area (Å²) in [5, 5.41) is 4.25. The molecule has 0 fully saturated rings. The Bertz CT molecular complexity index is 971. The summed E-state index contributed by atoms with van der Waals surface area (Å²) in [6.45, 7) is 0. The third kappa shape index (κ3) is 4.54. The minimum Gasteiger partial charge on any atom is -0.0812 e. The Kier molecular flexibility index (Phi) is 6.57. The van der Waals surface area contributed by atoms with E-state index in [1.165, 1.54) is 32.6 Å². The van der Waals surface area contributed by atoms with E-state index in [2.05, 4.69) is 132 Å². The molecule has 0 radical (unpaired) electrons. The van der Waals surface area contributed by atoms with Crippen LogP contribution in [0, 0.1) is 0 Å². The van der Waals surface area contributed by atoms with Crippen molar-refractivity contribution >= 4 is 46.4 Å². The number of alkyl halides is 1. The van der Waals surface area contributed by atoms with Crippen molar-refractivity contribution in [1.82, 2.24) is 0 Å². The zero-order valence-corrected chi connectivity index (χ0v) is 18.7. The predicted octanol–water partition coefficient (Wildman–Crippen LogP) is 5.97. The van der Waals surface area contributed by atoms with Crippen molar-refractivity contribution in [3.8, 4) is 0 Å². The van der Waals surface area contributed by atoms with Crippen molar-refractivity contribution in [3.05, 3.63) is 126 Å². The second kappa shape index (κ2) is 9.49. The lowest BCUT2D eigenvalue weighted by molar-refractivity contribution is 1.20. The van der Waals surface area contributed by atoms with Crippen molar-refractivity contribution in [3.63, 3.8) is 0 Å².